The van der Waals surface area contributed by atoms with Crippen molar-refractivity contribution in [3.05, 3.63) is 23.3 Å². The molecule has 2 bridgehead atoms. The second-order valence-corrected chi connectivity index (χ2v) is 7.44. The number of aliphatic hydroxyl groups is 1. The number of hydrogen-bond acceptors (Lipinski definition) is 5. The second kappa shape index (κ2) is 7.91. The lowest BCUT2D eigenvalue weighted by molar-refractivity contribution is -0.185. The van der Waals surface area contributed by atoms with Crippen LogP contribution in [0.3, 0.4) is 0 Å². The summed E-state index contributed by atoms with van der Waals surface area (Å²) in [5, 5.41) is 11.7. The third-order valence-electron chi connectivity index (χ3n) is 6.73. The van der Waals surface area contributed by atoms with Gasteiger partial charge in [0.1, 0.15) is 0 Å². The molecule has 0 amide bonds. The van der Waals surface area contributed by atoms with Gasteiger partial charge in [0.25, 0.3) is 0 Å². The maximum Gasteiger partial charge on any atom is 0.174 e. The molecule has 2 heterocycles. The summed E-state index contributed by atoms with van der Waals surface area (Å²) < 4.78 is 11.6. The standard InChI is InChI=1S/C18H21NO4.5H2O/c1-19-8-7-17-14-10-3-4-12(22-2)15(14)23-16(17)11(20)5-6-18(17,21)13(19)9-10;;;;;/h3-4,13,16,21H,5-9H2,1-2H3;5*1H2/t13-,16+,17+,18-;;;;;/m1...../s1. The van der Waals surface area contributed by atoms with E-state index in [9.17, 15) is 9.90 Å². The Morgan fingerprint density at radius 2 is 1.86 bits per heavy atom. The van der Waals surface area contributed by atoms with Gasteiger partial charge in [-0.2, -0.15) is 0 Å². The zero-order valence-corrected chi connectivity index (χ0v) is 16.0. The fraction of sp³-hybridized carbons (Fsp3) is 0.611. The molecule has 1 saturated heterocycles. The molecule has 0 radical (unpaired) electrons. The zero-order chi connectivity index (χ0) is 16.0. The van der Waals surface area contributed by atoms with Gasteiger partial charge in [-0.25, -0.2) is 0 Å². The highest BCUT2D eigenvalue weighted by Crippen LogP contribution is 2.64. The van der Waals surface area contributed by atoms with Crippen molar-refractivity contribution in [1.82, 2.24) is 4.90 Å². The highest BCUT2D eigenvalue weighted by molar-refractivity contribution is 5.90. The van der Waals surface area contributed by atoms with Crippen molar-refractivity contribution in [1.29, 1.82) is 0 Å². The summed E-state index contributed by atoms with van der Waals surface area (Å²) in [6, 6.07) is 4.05. The number of hydrogen-bond donors (Lipinski definition) is 1. The highest BCUT2D eigenvalue weighted by Gasteiger charge is 2.72. The number of carbonyl (C=O) groups excluding carboxylic acids is 1. The topological polar surface area (TPSA) is 216 Å². The van der Waals surface area contributed by atoms with Gasteiger partial charge in [0.15, 0.2) is 23.4 Å². The summed E-state index contributed by atoms with van der Waals surface area (Å²) in [4.78, 5) is 14.9. The number of Topliss-reactive ketones (excluding diaryl/α,β-unsaturated/α-hetero) is 1. The Bertz CT molecular complexity index is 742. The SMILES string of the molecule is COc1ccc2c3c1O[C@H]1C(=O)CC[C@@]4(O)[C@@H](C2)N(C)CC[C@]314.O.O.O.O.O. The number of likely N-dealkylation sites (N-methyl/N-ethyl adjacent to an activating group) is 1. The zero-order valence-electron chi connectivity index (χ0n) is 16.0. The number of ketones is 1. The molecule has 2 aliphatic carbocycles. The number of likely N-dealkylation sites (tertiary alicyclic amines) is 1. The summed E-state index contributed by atoms with van der Waals surface area (Å²) in [6.45, 7) is 0.871. The molecule has 5 rings (SSSR count). The number of ether oxygens (including phenoxy) is 2. The van der Waals surface area contributed by atoms with Gasteiger partial charge in [0.2, 0.25) is 0 Å². The molecule has 1 saturated carbocycles. The van der Waals surface area contributed by atoms with Crippen molar-refractivity contribution in [2.24, 2.45) is 0 Å². The molecule has 0 unspecified atom stereocenters. The van der Waals surface area contributed by atoms with Crippen LogP contribution in [0.15, 0.2) is 12.1 Å². The van der Waals surface area contributed by atoms with Gasteiger partial charge >= 0.3 is 0 Å². The monoisotopic (exact) mass is 405 g/mol. The first-order chi connectivity index (χ1) is 11.0. The number of methoxy groups -OCH3 is 1. The Hall–Kier alpha value is -1.79. The molecule has 2 fully saturated rings. The van der Waals surface area contributed by atoms with Crippen LogP contribution in [0.4, 0.5) is 0 Å². The van der Waals surface area contributed by atoms with Gasteiger partial charge in [-0.3, -0.25) is 4.79 Å². The van der Waals surface area contributed by atoms with Crippen molar-refractivity contribution in [3.63, 3.8) is 0 Å². The molecule has 2 aliphatic heterocycles. The van der Waals surface area contributed by atoms with Gasteiger partial charge in [-0.05, 0) is 44.5 Å². The lowest BCUT2D eigenvalue weighted by Gasteiger charge is -2.62. The summed E-state index contributed by atoms with van der Waals surface area (Å²) in [7, 11) is 3.70. The molecular weight excluding hydrogens is 374 g/mol. The lowest BCUT2D eigenvalue weighted by atomic mass is 9.49. The molecule has 1 aromatic rings. The fourth-order valence-corrected chi connectivity index (χ4v) is 5.69. The minimum atomic E-state index is -0.900. The summed E-state index contributed by atoms with van der Waals surface area (Å²) >= 11 is 0. The Kier molecular flexibility index (Phi) is 7.41. The first kappa shape index (κ1) is 26.2. The molecule has 4 aliphatic rings. The molecule has 10 nitrogen and oxygen atoms in total. The normalized spacial score (nSPS) is 33.3. The van der Waals surface area contributed by atoms with Gasteiger partial charge in [-0.1, -0.05) is 6.07 Å². The summed E-state index contributed by atoms with van der Waals surface area (Å²) in [6.07, 6.45) is 1.89. The summed E-state index contributed by atoms with van der Waals surface area (Å²) in [5.74, 6) is 1.47. The second-order valence-electron chi connectivity index (χ2n) is 7.44. The fourth-order valence-electron chi connectivity index (χ4n) is 5.69. The van der Waals surface area contributed by atoms with Crippen molar-refractivity contribution < 1.29 is 46.8 Å². The van der Waals surface area contributed by atoms with E-state index in [4.69, 9.17) is 9.47 Å². The molecule has 4 atom stereocenters. The number of rotatable bonds is 1. The number of carbonyl (C=O) groups is 1. The quantitative estimate of drug-likeness (QED) is 0.512. The maximum atomic E-state index is 12.7. The average molecular weight is 405 g/mol. The Morgan fingerprint density at radius 1 is 1.18 bits per heavy atom. The van der Waals surface area contributed by atoms with Crippen LogP contribution < -0.4 is 9.47 Å². The van der Waals surface area contributed by atoms with E-state index in [1.807, 2.05) is 6.07 Å². The maximum absolute atomic E-state index is 12.7. The Morgan fingerprint density at radius 3 is 2.50 bits per heavy atom. The van der Waals surface area contributed by atoms with E-state index in [1.54, 1.807) is 7.11 Å². The summed E-state index contributed by atoms with van der Waals surface area (Å²) in [5.41, 5.74) is 0.737. The van der Waals surface area contributed by atoms with Gasteiger partial charge < -0.3 is 46.9 Å². The van der Waals surface area contributed by atoms with Crippen LogP contribution in [0.2, 0.25) is 0 Å². The van der Waals surface area contributed by atoms with Crippen LogP contribution in [0.25, 0.3) is 0 Å². The molecule has 0 aromatic heterocycles. The average Bonchev–Trinajstić information content (AvgIpc) is 2.90. The van der Waals surface area contributed by atoms with E-state index < -0.39 is 17.1 Å². The molecule has 162 valence electrons. The van der Waals surface area contributed by atoms with Crippen LogP contribution in [-0.2, 0) is 16.6 Å². The van der Waals surface area contributed by atoms with Gasteiger partial charge in [0, 0.05) is 18.0 Å². The van der Waals surface area contributed by atoms with Crippen molar-refractivity contribution in [2.45, 2.75) is 48.8 Å². The van der Waals surface area contributed by atoms with E-state index in [2.05, 4.69) is 18.0 Å². The Labute approximate surface area is 162 Å². The van der Waals surface area contributed by atoms with Gasteiger partial charge in [-0.15, -0.1) is 0 Å². The van der Waals surface area contributed by atoms with Crippen LogP contribution in [0.5, 0.6) is 11.5 Å². The highest BCUT2D eigenvalue weighted by atomic mass is 16.5. The van der Waals surface area contributed by atoms with Crippen LogP contribution in [-0.4, -0.2) is 81.6 Å². The van der Waals surface area contributed by atoms with Crippen molar-refractivity contribution in [2.75, 3.05) is 20.7 Å². The molecule has 28 heavy (non-hydrogen) atoms. The largest absolute Gasteiger partial charge is 0.493 e. The lowest BCUT2D eigenvalue weighted by Crippen LogP contribution is -2.76. The van der Waals surface area contributed by atoms with Crippen LogP contribution >= 0.6 is 0 Å². The molecule has 1 spiro atoms. The minimum absolute atomic E-state index is 0. The van der Waals surface area contributed by atoms with E-state index in [-0.39, 0.29) is 39.2 Å². The molecule has 11 N–H and O–H groups in total. The first-order valence-corrected chi connectivity index (χ1v) is 8.35. The third kappa shape index (κ3) is 2.50. The predicted octanol–water partition coefficient (Wildman–Crippen LogP) is -3.08. The van der Waals surface area contributed by atoms with E-state index in [0.29, 0.717) is 24.3 Å². The van der Waals surface area contributed by atoms with E-state index in [0.717, 1.165) is 24.9 Å². The smallest absolute Gasteiger partial charge is 0.174 e. The van der Waals surface area contributed by atoms with Crippen molar-refractivity contribution in [3.8, 4) is 11.5 Å². The van der Waals surface area contributed by atoms with E-state index in [1.165, 1.54) is 5.56 Å². The van der Waals surface area contributed by atoms with Gasteiger partial charge in [0.05, 0.1) is 18.1 Å². The molecule has 10 heteroatoms. The third-order valence-corrected chi connectivity index (χ3v) is 6.73. The molecule has 1 aromatic carbocycles. The predicted molar refractivity (Wildman–Crippen MR) is 101 cm³/mol. The van der Waals surface area contributed by atoms with E-state index >= 15 is 0 Å². The first-order valence-electron chi connectivity index (χ1n) is 8.35. The minimum Gasteiger partial charge on any atom is -0.493 e. The molecular formula is C18H31NO9. The number of piperidine rings is 1. The number of nitrogens with zero attached hydrogens (tertiary/aromatic N) is 1. The van der Waals surface area contributed by atoms with Crippen LogP contribution in [0, 0.1) is 0 Å². The number of benzene rings is 1. The Balaban J connectivity index is 0.00000146. The van der Waals surface area contributed by atoms with Crippen LogP contribution in [0.1, 0.15) is 30.4 Å². The van der Waals surface area contributed by atoms with Crippen molar-refractivity contribution >= 4 is 5.78 Å².